The van der Waals surface area contributed by atoms with Crippen molar-refractivity contribution in [2.45, 2.75) is 39.7 Å². The van der Waals surface area contributed by atoms with Gasteiger partial charge in [0.2, 0.25) is 0 Å². The summed E-state index contributed by atoms with van der Waals surface area (Å²) in [5.41, 5.74) is 1.02. The van der Waals surface area contributed by atoms with Gasteiger partial charge in [0, 0.05) is 17.1 Å². The van der Waals surface area contributed by atoms with Crippen molar-refractivity contribution in [3.63, 3.8) is 0 Å². The molecule has 0 saturated carbocycles. The molecular weight excluding hydrogens is 269 g/mol. The maximum absolute atomic E-state index is 6.14. The van der Waals surface area contributed by atoms with Crippen molar-refractivity contribution in [3.8, 4) is 5.75 Å². The summed E-state index contributed by atoms with van der Waals surface area (Å²) in [5.74, 6) is 0.742. The van der Waals surface area contributed by atoms with E-state index in [0.29, 0.717) is 16.7 Å². The molecule has 1 aromatic carbocycles. The van der Waals surface area contributed by atoms with Gasteiger partial charge in [-0.25, -0.2) is 0 Å². The highest BCUT2D eigenvalue weighted by Crippen LogP contribution is 2.32. The Bertz CT molecular complexity index is 369. The van der Waals surface area contributed by atoms with E-state index >= 15 is 0 Å². The van der Waals surface area contributed by atoms with Gasteiger partial charge < -0.3 is 10.1 Å². The van der Waals surface area contributed by atoms with Crippen molar-refractivity contribution in [1.82, 2.24) is 5.32 Å². The Labute approximate surface area is 120 Å². The monoisotopic (exact) mass is 289 g/mol. The maximum atomic E-state index is 6.14. The molecule has 2 nitrogen and oxygen atoms in total. The summed E-state index contributed by atoms with van der Waals surface area (Å²) in [6, 6.07) is 3.62. The van der Waals surface area contributed by atoms with Crippen molar-refractivity contribution in [2.24, 2.45) is 0 Å². The second kappa shape index (κ2) is 8.63. The zero-order chi connectivity index (χ0) is 13.4. The topological polar surface area (TPSA) is 21.3 Å². The molecule has 102 valence electrons. The lowest BCUT2D eigenvalue weighted by Crippen LogP contribution is -2.15. The van der Waals surface area contributed by atoms with Gasteiger partial charge in [-0.2, -0.15) is 0 Å². The van der Waals surface area contributed by atoms with Crippen LogP contribution in [0.2, 0.25) is 10.0 Å². The Morgan fingerprint density at radius 3 is 2.61 bits per heavy atom. The number of nitrogens with one attached hydrogen (secondary N) is 1. The molecule has 0 atom stereocenters. The smallest absolute Gasteiger partial charge is 0.142 e. The summed E-state index contributed by atoms with van der Waals surface area (Å²) in [4.78, 5) is 0. The van der Waals surface area contributed by atoms with Crippen LogP contribution < -0.4 is 10.1 Å². The van der Waals surface area contributed by atoms with E-state index in [1.54, 1.807) is 6.07 Å². The minimum atomic E-state index is 0.578. The van der Waals surface area contributed by atoms with Crippen molar-refractivity contribution in [3.05, 3.63) is 27.7 Å². The fraction of sp³-hybridized carbons (Fsp3) is 0.571. The zero-order valence-electron chi connectivity index (χ0n) is 11.1. The van der Waals surface area contributed by atoms with E-state index in [1.165, 1.54) is 19.3 Å². The number of ether oxygens (including phenoxy) is 1. The third kappa shape index (κ3) is 5.05. The van der Waals surface area contributed by atoms with Crippen LogP contribution in [-0.4, -0.2) is 13.2 Å². The van der Waals surface area contributed by atoms with Crippen molar-refractivity contribution in [2.75, 3.05) is 13.2 Å². The first-order valence-corrected chi connectivity index (χ1v) is 7.26. The molecule has 0 spiro atoms. The van der Waals surface area contributed by atoms with Crippen LogP contribution in [0.5, 0.6) is 5.75 Å². The van der Waals surface area contributed by atoms with Gasteiger partial charge in [-0.05, 0) is 32.0 Å². The Kier molecular flexibility index (Phi) is 7.48. The summed E-state index contributed by atoms with van der Waals surface area (Å²) >= 11 is 12.2. The van der Waals surface area contributed by atoms with E-state index in [2.05, 4.69) is 12.2 Å². The predicted molar refractivity (Wildman–Crippen MR) is 78.9 cm³/mol. The minimum Gasteiger partial charge on any atom is -0.492 e. The second-order valence-corrected chi connectivity index (χ2v) is 5.04. The van der Waals surface area contributed by atoms with E-state index in [0.717, 1.165) is 24.4 Å². The van der Waals surface area contributed by atoms with Crippen LogP contribution >= 0.6 is 23.2 Å². The van der Waals surface area contributed by atoms with Gasteiger partial charge in [-0.1, -0.05) is 43.0 Å². The van der Waals surface area contributed by atoms with Gasteiger partial charge in [-0.3, -0.25) is 0 Å². The first-order valence-electron chi connectivity index (χ1n) is 6.50. The fourth-order valence-corrected chi connectivity index (χ4v) is 2.36. The summed E-state index contributed by atoms with van der Waals surface area (Å²) < 4.78 is 5.57. The summed E-state index contributed by atoms with van der Waals surface area (Å²) in [6.45, 7) is 6.49. The van der Waals surface area contributed by atoms with E-state index in [-0.39, 0.29) is 0 Å². The van der Waals surface area contributed by atoms with Crippen LogP contribution in [0.1, 0.15) is 38.7 Å². The van der Waals surface area contributed by atoms with Gasteiger partial charge in [0.1, 0.15) is 5.75 Å². The number of hydrogen-bond donors (Lipinski definition) is 1. The van der Waals surface area contributed by atoms with Crippen LogP contribution in [-0.2, 0) is 6.54 Å². The van der Waals surface area contributed by atoms with Gasteiger partial charge in [0.15, 0.2) is 0 Å². The molecule has 0 saturated heterocycles. The third-order valence-corrected chi connectivity index (χ3v) is 3.15. The molecule has 0 aliphatic carbocycles. The molecule has 0 fully saturated rings. The summed E-state index contributed by atoms with van der Waals surface area (Å²) in [5, 5.41) is 4.62. The Balaban J connectivity index is 2.62. The SMILES string of the molecule is CCCCCNCc1cc(Cl)cc(Cl)c1OCC. The van der Waals surface area contributed by atoms with E-state index in [9.17, 15) is 0 Å². The van der Waals surface area contributed by atoms with Gasteiger partial charge in [0.25, 0.3) is 0 Å². The molecule has 0 aliphatic rings. The Morgan fingerprint density at radius 2 is 1.94 bits per heavy atom. The number of hydrogen-bond acceptors (Lipinski definition) is 2. The molecule has 0 radical (unpaired) electrons. The predicted octanol–water partition coefficient (Wildman–Crippen LogP) is 4.67. The van der Waals surface area contributed by atoms with Crippen molar-refractivity contribution < 1.29 is 4.74 Å². The first-order chi connectivity index (χ1) is 8.69. The Hall–Kier alpha value is -0.440. The van der Waals surface area contributed by atoms with Crippen molar-refractivity contribution in [1.29, 1.82) is 0 Å². The highest BCUT2D eigenvalue weighted by atomic mass is 35.5. The second-order valence-electron chi connectivity index (χ2n) is 4.19. The molecule has 0 amide bonds. The van der Waals surface area contributed by atoms with Crippen LogP contribution in [0.4, 0.5) is 0 Å². The largest absolute Gasteiger partial charge is 0.492 e. The number of unbranched alkanes of at least 4 members (excludes halogenated alkanes) is 2. The molecule has 1 aromatic rings. The first kappa shape index (κ1) is 15.6. The molecule has 1 rings (SSSR count). The van der Waals surface area contributed by atoms with Crippen LogP contribution in [0, 0.1) is 0 Å². The number of rotatable bonds is 8. The minimum absolute atomic E-state index is 0.578. The summed E-state index contributed by atoms with van der Waals surface area (Å²) in [7, 11) is 0. The number of benzene rings is 1. The fourth-order valence-electron chi connectivity index (χ4n) is 1.77. The molecule has 4 heteroatoms. The highest BCUT2D eigenvalue weighted by molar-refractivity contribution is 6.35. The van der Waals surface area contributed by atoms with E-state index in [4.69, 9.17) is 27.9 Å². The average molecular weight is 290 g/mol. The lowest BCUT2D eigenvalue weighted by molar-refractivity contribution is 0.335. The van der Waals surface area contributed by atoms with Gasteiger partial charge in [0.05, 0.1) is 11.6 Å². The third-order valence-electron chi connectivity index (χ3n) is 2.65. The zero-order valence-corrected chi connectivity index (χ0v) is 12.6. The van der Waals surface area contributed by atoms with Crippen molar-refractivity contribution >= 4 is 23.2 Å². The lowest BCUT2D eigenvalue weighted by atomic mass is 10.2. The highest BCUT2D eigenvalue weighted by Gasteiger charge is 2.09. The molecule has 18 heavy (non-hydrogen) atoms. The molecule has 0 unspecified atom stereocenters. The standard InChI is InChI=1S/C14H21Cl2NO/c1-3-5-6-7-17-10-11-8-12(15)9-13(16)14(11)18-4-2/h8-9,17H,3-7,10H2,1-2H3. The molecule has 1 N–H and O–H groups in total. The molecule has 0 heterocycles. The average Bonchev–Trinajstić information content (AvgIpc) is 2.33. The van der Waals surface area contributed by atoms with Crippen LogP contribution in [0.15, 0.2) is 12.1 Å². The summed E-state index contributed by atoms with van der Waals surface area (Å²) in [6.07, 6.45) is 3.67. The molecule has 0 bridgehead atoms. The molecule has 0 aromatic heterocycles. The number of halogens is 2. The maximum Gasteiger partial charge on any atom is 0.142 e. The van der Waals surface area contributed by atoms with Gasteiger partial charge >= 0.3 is 0 Å². The van der Waals surface area contributed by atoms with Gasteiger partial charge in [-0.15, -0.1) is 0 Å². The van der Waals surface area contributed by atoms with E-state index in [1.807, 2.05) is 13.0 Å². The molecule has 0 aliphatic heterocycles. The quantitative estimate of drug-likeness (QED) is 0.702. The lowest BCUT2D eigenvalue weighted by Gasteiger charge is -2.13. The normalized spacial score (nSPS) is 10.7. The van der Waals surface area contributed by atoms with Crippen LogP contribution in [0.3, 0.4) is 0 Å². The Morgan fingerprint density at radius 1 is 1.17 bits per heavy atom. The molecular formula is C14H21Cl2NO. The van der Waals surface area contributed by atoms with E-state index < -0.39 is 0 Å². The van der Waals surface area contributed by atoms with Crippen LogP contribution in [0.25, 0.3) is 0 Å².